The number of hydrogen-bond acceptors (Lipinski definition) is 3. The minimum absolute atomic E-state index is 0.00360. The molecule has 1 rings (SSSR count). The SMILES string of the molecule is CCC(CN(CC)CC)OC(=O)Cc1ccccc1. The Hall–Kier alpha value is -1.35. The van der Waals surface area contributed by atoms with Gasteiger partial charge >= 0.3 is 5.97 Å². The number of nitrogens with zero attached hydrogens (tertiary/aromatic N) is 1. The van der Waals surface area contributed by atoms with Gasteiger partial charge in [-0.05, 0) is 25.1 Å². The van der Waals surface area contributed by atoms with E-state index in [2.05, 4.69) is 25.7 Å². The lowest BCUT2D eigenvalue weighted by Crippen LogP contribution is -2.35. The fraction of sp³-hybridized carbons (Fsp3) is 0.562. The van der Waals surface area contributed by atoms with E-state index in [4.69, 9.17) is 4.74 Å². The van der Waals surface area contributed by atoms with Gasteiger partial charge in [-0.25, -0.2) is 0 Å². The fourth-order valence-corrected chi connectivity index (χ4v) is 2.01. The predicted molar refractivity (Wildman–Crippen MR) is 78.1 cm³/mol. The zero-order chi connectivity index (χ0) is 14.1. The summed E-state index contributed by atoms with van der Waals surface area (Å²) in [5.74, 6) is -0.134. The smallest absolute Gasteiger partial charge is 0.310 e. The molecule has 0 aromatic heterocycles. The van der Waals surface area contributed by atoms with Crippen LogP contribution in [0.25, 0.3) is 0 Å². The molecule has 0 heterocycles. The third kappa shape index (κ3) is 5.88. The second kappa shape index (κ2) is 8.70. The molecule has 0 aliphatic carbocycles. The number of benzene rings is 1. The molecule has 0 saturated carbocycles. The maximum absolute atomic E-state index is 11.9. The first kappa shape index (κ1) is 15.7. The van der Waals surface area contributed by atoms with E-state index in [1.54, 1.807) is 0 Å². The minimum atomic E-state index is -0.134. The molecule has 3 nitrogen and oxygen atoms in total. The third-order valence-electron chi connectivity index (χ3n) is 3.30. The topological polar surface area (TPSA) is 29.5 Å². The van der Waals surface area contributed by atoms with Crippen molar-refractivity contribution in [3.63, 3.8) is 0 Å². The average Bonchev–Trinajstić information content (AvgIpc) is 2.44. The highest BCUT2D eigenvalue weighted by molar-refractivity contribution is 5.72. The van der Waals surface area contributed by atoms with Crippen molar-refractivity contribution in [2.45, 2.75) is 39.7 Å². The number of rotatable bonds is 8. The highest BCUT2D eigenvalue weighted by atomic mass is 16.5. The van der Waals surface area contributed by atoms with Crippen LogP contribution in [0.5, 0.6) is 0 Å². The number of ether oxygens (including phenoxy) is 1. The monoisotopic (exact) mass is 263 g/mol. The summed E-state index contributed by atoms with van der Waals surface area (Å²) >= 11 is 0. The van der Waals surface area contributed by atoms with E-state index >= 15 is 0 Å². The first-order chi connectivity index (χ1) is 9.19. The molecule has 0 N–H and O–H groups in total. The van der Waals surface area contributed by atoms with Crippen LogP contribution in [0.1, 0.15) is 32.8 Å². The number of likely N-dealkylation sites (N-methyl/N-ethyl adjacent to an activating group) is 1. The second-order valence-electron chi connectivity index (χ2n) is 4.67. The van der Waals surface area contributed by atoms with Crippen molar-refractivity contribution in [2.24, 2.45) is 0 Å². The van der Waals surface area contributed by atoms with Crippen LogP contribution in [0.3, 0.4) is 0 Å². The molecular formula is C16H25NO2. The Labute approximate surface area is 116 Å². The van der Waals surface area contributed by atoms with Gasteiger partial charge in [-0.3, -0.25) is 4.79 Å². The van der Waals surface area contributed by atoms with Crippen LogP contribution in [0.2, 0.25) is 0 Å². The second-order valence-corrected chi connectivity index (χ2v) is 4.67. The molecule has 1 unspecified atom stereocenters. The van der Waals surface area contributed by atoms with Gasteiger partial charge in [0, 0.05) is 6.54 Å². The molecule has 0 amide bonds. The van der Waals surface area contributed by atoms with E-state index in [0.717, 1.165) is 31.6 Å². The average molecular weight is 263 g/mol. The van der Waals surface area contributed by atoms with Crippen LogP contribution in [0.4, 0.5) is 0 Å². The normalized spacial score (nSPS) is 12.4. The highest BCUT2D eigenvalue weighted by Crippen LogP contribution is 2.06. The Morgan fingerprint density at radius 1 is 1.16 bits per heavy atom. The molecule has 3 heteroatoms. The lowest BCUT2D eigenvalue weighted by molar-refractivity contribution is -0.149. The first-order valence-corrected chi connectivity index (χ1v) is 7.15. The summed E-state index contributed by atoms with van der Waals surface area (Å²) in [6, 6.07) is 9.73. The quantitative estimate of drug-likeness (QED) is 0.675. The Morgan fingerprint density at radius 3 is 2.32 bits per heavy atom. The minimum Gasteiger partial charge on any atom is -0.461 e. The summed E-state index contributed by atoms with van der Waals surface area (Å²) in [4.78, 5) is 14.2. The lowest BCUT2D eigenvalue weighted by atomic mass is 10.1. The van der Waals surface area contributed by atoms with Crippen LogP contribution in [0.15, 0.2) is 30.3 Å². The third-order valence-corrected chi connectivity index (χ3v) is 3.30. The van der Waals surface area contributed by atoms with Gasteiger partial charge in [0.25, 0.3) is 0 Å². The van der Waals surface area contributed by atoms with Crippen LogP contribution in [0, 0.1) is 0 Å². The molecule has 0 aliphatic rings. The van der Waals surface area contributed by atoms with Crippen LogP contribution in [-0.4, -0.2) is 36.6 Å². The fourth-order valence-electron chi connectivity index (χ4n) is 2.01. The summed E-state index contributed by atoms with van der Waals surface area (Å²) in [5.41, 5.74) is 1.00. The zero-order valence-corrected chi connectivity index (χ0v) is 12.3. The molecule has 0 bridgehead atoms. The molecule has 19 heavy (non-hydrogen) atoms. The van der Waals surface area contributed by atoms with E-state index in [0.29, 0.717) is 6.42 Å². The Balaban J connectivity index is 2.44. The van der Waals surface area contributed by atoms with E-state index in [1.807, 2.05) is 30.3 Å². The Bertz CT molecular complexity index is 360. The summed E-state index contributed by atoms with van der Waals surface area (Å²) < 4.78 is 5.56. The summed E-state index contributed by atoms with van der Waals surface area (Å²) in [5, 5.41) is 0. The molecule has 0 fully saturated rings. The predicted octanol–water partition coefficient (Wildman–Crippen LogP) is 2.89. The molecule has 0 aliphatic heterocycles. The van der Waals surface area contributed by atoms with Crippen LogP contribution >= 0.6 is 0 Å². The molecule has 0 spiro atoms. The van der Waals surface area contributed by atoms with Crippen molar-refractivity contribution in [3.05, 3.63) is 35.9 Å². The summed E-state index contributed by atoms with van der Waals surface area (Å²) in [6.07, 6.45) is 1.21. The van der Waals surface area contributed by atoms with E-state index < -0.39 is 0 Å². The van der Waals surface area contributed by atoms with Gasteiger partial charge in [-0.2, -0.15) is 0 Å². The van der Waals surface area contributed by atoms with Gasteiger partial charge in [0.05, 0.1) is 6.42 Å². The van der Waals surface area contributed by atoms with E-state index in [1.165, 1.54) is 0 Å². The summed E-state index contributed by atoms with van der Waals surface area (Å²) in [7, 11) is 0. The number of carbonyl (C=O) groups excluding carboxylic acids is 1. The largest absolute Gasteiger partial charge is 0.461 e. The maximum Gasteiger partial charge on any atom is 0.310 e. The van der Waals surface area contributed by atoms with Crippen molar-refractivity contribution < 1.29 is 9.53 Å². The first-order valence-electron chi connectivity index (χ1n) is 7.15. The number of carbonyl (C=O) groups is 1. The number of hydrogen-bond donors (Lipinski definition) is 0. The van der Waals surface area contributed by atoms with E-state index in [9.17, 15) is 4.79 Å². The molecular weight excluding hydrogens is 238 g/mol. The van der Waals surface area contributed by atoms with Crippen molar-refractivity contribution in [3.8, 4) is 0 Å². The standard InChI is InChI=1S/C16H25NO2/c1-4-15(13-17(5-2)6-3)19-16(18)12-14-10-8-7-9-11-14/h7-11,15H,4-6,12-13H2,1-3H3. The zero-order valence-electron chi connectivity index (χ0n) is 12.3. The van der Waals surface area contributed by atoms with Gasteiger partial charge in [-0.15, -0.1) is 0 Å². The van der Waals surface area contributed by atoms with Gasteiger partial charge < -0.3 is 9.64 Å². The van der Waals surface area contributed by atoms with Crippen LogP contribution in [-0.2, 0) is 16.0 Å². The maximum atomic E-state index is 11.9. The van der Waals surface area contributed by atoms with Crippen molar-refractivity contribution in [1.82, 2.24) is 4.90 Å². The summed E-state index contributed by atoms with van der Waals surface area (Å²) in [6.45, 7) is 9.12. The van der Waals surface area contributed by atoms with E-state index in [-0.39, 0.29) is 12.1 Å². The lowest BCUT2D eigenvalue weighted by Gasteiger charge is -2.24. The van der Waals surface area contributed by atoms with Gasteiger partial charge in [-0.1, -0.05) is 51.1 Å². The number of esters is 1. The molecule has 1 aromatic carbocycles. The van der Waals surface area contributed by atoms with Gasteiger partial charge in [0.2, 0.25) is 0 Å². The highest BCUT2D eigenvalue weighted by Gasteiger charge is 2.15. The molecule has 1 aromatic rings. The molecule has 1 atom stereocenters. The Kier molecular flexibility index (Phi) is 7.19. The van der Waals surface area contributed by atoms with Gasteiger partial charge in [0.1, 0.15) is 6.10 Å². The van der Waals surface area contributed by atoms with Crippen molar-refractivity contribution >= 4 is 5.97 Å². The molecule has 106 valence electrons. The van der Waals surface area contributed by atoms with Gasteiger partial charge in [0.15, 0.2) is 0 Å². The van der Waals surface area contributed by atoms with Crippen molar-refractivity contribution in [2.75, 3.05) is 19.6 Å². The molecule has 0 saturated heterocycles. The van der Waals surface area contributed by atoms with Crippen LogP contribution < -0.4 is 0 Å². The Morgan fingerprint density at radius 2 is 1.79 bits per heavy atom. The van der Waals surface area contributed by atoms with Crippen molar-refractivity contribution in [1.29, 1.82) is 0 Å². The molecule has 0 radical (unpaired) electrons.